The first-order valence-corrected chi connectivity index (χ1v) is 7.94. The Kier molecular flexibility index (Phi) is 5.18. The molecule has 118 valence electrons. The summed E-state index contributed by atoms with van der Waals surface area (Å²) in [7, 11) is 0. The SMILES string of the molecule is CC1=C(C(=O)OC(C)C)[C@@H](c2ccc(F)c(Br)c2)NC(=S)N1. The van der Waals surface area contributed by atoms with Crippen LogP contribution >= 0.6 is 28.1 Å². The van der Waals surface area contributed by atoms with Crippen molar-refractivity contribution in [3.8, 4) is 0 Å². The first-order valence-electron chi connectivity index (χ1n) is 6.73. The van der Waals surface area contributed by atoms with E-state index < -0.39 is 12.0 Å². The number of hydrogen-bond donors (Lipinski definition) is 2. The molecule has 0 aromatic heterocycles. The predicted octanol–water partition coefficient (Wildman–Crippen LogP) is 3.33. The van der Waals surface area contributed by atoms with Gasteiger partial charge in [-0.3, -0.25) is 0 Å². The molecule has 0 radical (unpaired) electrons. The fourth-order valence-corrected chi connectivity index (χ4v) is 2.85. The van der Waals surface area contributed by atoms with Crippen molar-refractivity contribution in [2.45, 2.75) is 32.9 Å². The van der Waals surface area contributed by atoms with E-state index in [9.17, 15) is 9.18 Å². The van der Waals surface area contributed by atoms with Gasteiger partial charge < -0.3 is 15.4 Å². The van der Waals surface area contributed by atoms with Crippen LogP contribution in [0.15, 0.2) is 33.9 Å². The van der Waals surface area contributed by atoms with Crippen LogP contribution in [0.5, 0.6) is 0 Å². The number of esters is 1. The van der Waals surface area contributed by atoms with Gasteiger partial charge in [0.1, 0.15) is 5.82 Å². The first-order chi connectivity index (χ1) is 10.3. The van der Waals surface area contributed by atoms with Gasteiger partial charge in [-0.15, -0.1) is 0 Å². The molecule has 7 heteroatoms. The highest BCUT2D eigenvalue weighted by Crippen LogP contribution is 2.30. The lowest BCUT2D eigenvalue weighted by molar-refractivity contribution is -0.143. The number of halogens is 2. The van der Waals surface area contributed by atoms with E-state index >= 15 is 0 Å². The topological polar surface area (TPSA) is 50.4 Å². The monoisotopic (exact) mass is 386 g/mol. The Morgan fingerprint density at radius 2 is 2.14 bits per heavy atom. The summed E-state index contributed by atoms with van der Waals surface area (Å²) in [6.45, 7) is 5.33. The number of thiocarbonyl (C=S) groups is 1. The third-order valence-electron chi connectivity index (χ3n) is 3.11. The maximum absolute atomic E-state index is 13.4. The number of rotatable bonds is 3. The molecule has 0 amide bonds. The largest absolute Gasteiger partial charge is 0.459 e. The van der Waals surface area contributed by atoms with Crippen molar-refractivity contribution >= 4 is 39.2 Å². The zero-order chi connectivity index (χ0) is 16.4. The third kappa shape index (κ3) is 3.64. The highest BCUT2D eigenvalue weighted by molar-refractivity contribution is 9.10. The second-order valence-electron chi connectivity index (χ2n) is 5.20. The standard InChI is InChI=1S/C15H16BrFN2O2S/c1-7(2)21-14(20)12-8(3)18-15(22)19-13(12)9-4-5-11(17)10(16)6-9/h4-7,13H,1-3H3,(H2,18,19,22)/t13-/m1/s1. The van der Waals surface area contributed by atoms with Gasteiger partial charge >= 0.3 is 5.97 Å². The summed E-state index contributed by atoms with van der Waals surface area (Å²) in [6.07, 6.45) is -0.234. The van der Waals surface area contributed by atoms with E-state index in [0.717, 1.165) is 0 Å². The molecule has 0 bridgehead atoms. The highest BCUT2D eigenvalue weighted by Gasteiger charge is 2.31. The summed E-state index contributed by atoms with van der Waals surface area (Å²) >= 11 is 8.31. The van der Waals surface area contributed by atoms with E-state index in [4.69, 9.17) is 17.0 Å². The molecule has 22 heavy (non-hydrogen) atoms. The summed E-state index contributed by atoms with van der Waals surface area (Å²) in [6, 6.07) is 4.09. The molecule has 1 heterocycles. The van der Waals surface area contributed by atoms with Gasteiger partial charge in [0.05, 0.1) is 22.2 Å². The molecular weight excluding hydrogens is 371 g/mol. The molecule has 0 saturated heterocycles. The van der Waals surface area contributed by atoms with Gasteiger partial charge in [-0.2, -0.15) is 0 Å². The van der Waals surface area contributed by atoms with Crippen molar-refractivity contribution in [1.82, 2.24) is 10.6 Å². The van der Waals surface area contributed by atoms with E-state index in [0.29, 0.717) is 26.4 Å². The molecule has 0 aliphatic carbocycles. The summed E-state index contributed by atoms with van der Waals surface area (Å²) in [4.78, 5) is 12.4. The van der Waals surface area contributed by atoms with Crippen molar-refractivity contribution in [2.24, 2.45) is 0 Å². The summed E-state index contributed by atoms with van der Waals surface area (Å²) in [5.41, 5.74) is 1.77. The lowest BCUT2D eigenvalue weighted by Gasteiger charge is -2.30. The Balaban J connectivity index is 2.45. The summed E-state index contributed by atoms with van der Waals surface area (Å²) < 4.78 is 19.1. The fraction of sp³-hybridized carbons (Fsp3) is 0.333. The Labute approximate surface area is 142 Å². The Bertz CT molecular complexity index is 661. The fourth-order valence-electron chi connectivity index (χ4n) is 2.18. The molecule has 1 atom stereocenters. The molecule has 0 fully saturated rings. The molecular formula is C15H16BrFN2O2S. The molecule has 0 saturated carbocycles. The van der Waals surface area contributed by atoms with Gasteiger partial charge in [0.15, 0.2) is 5.11 Å². The van der Waals surface area contributed by atoms with E-state index in [1.54, 1.807) is 32.9 Å². The van der Waals surface area contributed by atoms with Gasteiger partial charge in [0, 0.05) is 5.70 Å². The smallest absolute Gasteiger partial charge is 0.338 e. The minimum atomic E-state index is -0.489. The van der Waals surface area contributed by atoms with E-state index in [2.05, 4.69) is 26.6 Å². The van der Waals surface area contributed by atoms with Crippen molar-refractivity contribution in [3.63, 3.8) is 0 Å². The quantitative estimate of drug-likeness (QED) is 0.616. The summed E-state index contributed by atoms with van der Waals surface area (Å²) in [5, 5.41) is 6.36. The van der Waals surface area contributed by atoms with Crippen LogP contribution in [0.25, 0.3) is 0 Å². The van der Waals surface area contributed by atoms with Crippen LogP contribution in [0, 0.1) is 5.82 Å². The van der Waals surface area contributed by atoms with Gasteiger partial charge in [0.2, 0.25) is 0 Å². The molecule has 0 spiro atoms. The molecule has 1 aromatic rings. The lowest BCUT2D eigenvalue weighted by atomic mass is 9.95. The molecule has 2 rings (SSSR count). The molecule has 2 N–H and O–H groups in total. The Morgan fingerprint density at radius 3 is 2.73 bits per heavy atom. The van der Waals surface area contributed by atoms with Crippen LogP contribution in [0.1, 0.15) is 32.4 Å². The zero-order valence-corrected chi connectivity index (χ0v) is 14.8. The zero-order valence-electron chi connectivity index (χ0n) is 12.4. The molecule has 1 aliphatic heterocycles. The van der Waals surface area contributed by atoms with Gasteiger partial charge in [-0.05, 0) is 66.6 Å². The maximum Gasteiger partial charge on any atom is 0.338 e. The van der Waals surface area contributed by atoms with Crippen LogP contribution in [0.2, 0.25) is 0 Å². The van der Waals surface area contributed by atoms with Crippen LogP contribution in [-0.2, 0) is 9.53 Å². The van der Waals surface area contributed by atoms with Crippen molar-refractivity contribution < 1.29 is 13.9 Å². The van der Waals surface area contributed by atoms with Gasteiger partial charge in [-0.1, -0.05) is 6.07 Å². The number of carbonyl (C=O) groups excluding carboxylic acids is 1. The average Bonchev–Trinajstić information content (AvgIpc) is 2.39. The van der Waals surface area contributed by atoms with Crippen molar-refractivity contribution in [2.75, 3.05) is 0 Å². The minimum Gasteiger partial charge on any atom is -0.459 e. The minimum absolute atomic E-state index is 0.234. The number of ether oxygens (including phenoxy) is 1. The van der Waals surface area contributed by atoms with Gasteiger partial charge in [-0.25, -0.2) is 9.18 Å². The van der Waals surface area contributed by atoms with E-state index in [1.807, 2.05) is 0 Å². The first kappa shape index (κ1) is 16.9. The molecule has 4 nitrogen and oxygen atoms in total. The normalized spacial score (nSPS) is 18.1. The van der Waals surface area contributed by atoms with Crippen LogP contribution < -0.4 is 10.6 Å². The van der Waals surface area contributed by atoms with Gasteiger partial charge in [0.25, 0.3) is 0 Å². The summed E-state index contributed by atoms with van der Waals surface area (Å²) in [5.74, 6) is -0.798. The number of allylic oxidation sites excluding steroid dienone is 1. The van der Waals surface area contributed by atoms with Crippen LogP contribution in [-0.4, -0.2) is 17.2 Å². The van der Waals surface area contributed by atoms with Crippen LogP contribution in [0.4, 0.5) is 4.39 Å². The number of nitrogens with one attached hydrogen (secondary N) is 2. The van der Waals surface area contributed by atoms with Crippen LogP contribution in [0.3, 0.4) is 0 Å². The van der Waals surface area contributed by atoms with Crippen molar-refractivity contribution in [3.05, 3.63) is 45.3 Å². The predicted molar refractivity (Wildman–Crippen MR) is 89.6 cm³/mol. The number of hydrogen-bond acceptors (Lipinski definition) is 3. The second-order valence-corrected chi connectivity index (χ2v) is 6.46. The Morgan fingerprint density at radius 1 is 1.45 bits per heavy atom. The number of carbonyl (C=O) groups is 1. The molecule has 1 aromatic carbocycles. The second kappa shape index (κ2) is 6.75. The lowest BCUT2D eigenvalue weighted by Crippen LogP contribution is -2.45. The van der Waals surface area contributed by atoms with Crippen molar-refractivity contribution in [1.29, 1.82) is 0 Å². The number of benzene rings is 1. The molecule has 1 aliphatic rings. The highest BCUT2D eigenvalue weighted by atomic mass is 79.9. The maximum atomic E-state index is 13.4. The average molecular weight is 387 g/mol. The molecule has 0 unspecified atom stereocenters. The van der Waals surface area contributed by atoms with E-state index in [-0.39, 0.29) is 11.9 Å². The Hall–Kier alpha value is -1.47. The van der Waals surface area contributed by atoms with E-state index in [1.165, 1.54) is 6.07 Å². The third-order valence-corrected chi connectivity index (χ3v) is 3.94.